The average Bonchev–Trinajstić information content (AvgIpc) is 2.65. The Hall–Kier alpha value is -2.33. The quantitative estimate of drug-likeness (QED) is 0.373. The number of rotatable bonds is 9. The Labute approximate surface area is 149 Å². The van der Waals surface area contributed by atoms with Crippen LogP contribution in [0.1, 0.15) is 49.0 Å². The van der Waals surface area contributed by atoms with Crippen LogP contribution in [0.4, 0.5) is 0 Å². The molecule has 0 aliphatic carbocycles. The van der Waals surface area contributed by atoms with E-state index in [1.54, 1.807) is 24.3 Å². The van der Waals surface area contributed by atoms with E-state index < -0.39 is 6.29 Å². The molecule has 0 spiro atoms. The molecule has 4 heteroatoms. The third-order valence-electron chi connectivity index (χ3n) is 4.04. The topological polar surface area (TPSA) is 44.8 Å². The van der Waals surface area contributed by atoms with Crippen molar-refractivity contribution in [1.82, 2.24) is 0 Å². The van der Waals surface area contributed by atoms with Gasteiger partial charge in [0.25, 0.3) is 0 Å². The first-order valence-electron chi connectivity index (χ1n) is 8.70. The van der Waals surface area contributed by atoms with Crippen LogP contribution >= 0.6 is 0 Å². The molecule has 2 unspecified atom stereocenters. The fraction of sp³-hybridized carbons (Fsp3) is 0.381. The molecule has 2 rings (SSSR count). The first-order chi connectivity index (χ1) is 12.1. The van der Waals surface area contributed by atoms with Gasteiger partial charge in [-0.3, -0.25) is 0 Å². The van der Waals surface area contributed by atoms with Gasteiger partial charge in [-0.1, -0.05) is 44.2 Å². The fourth-order valence-electron chi connectivity index (χ4n) is 2.34. The van der Waals surface area contributed by atoms with E-state index in [-0.39, 0.29) is 19.2 Å². The Morgan fingerprint density at radius 3 is 2.28 bits per heavy atom. The van der Waals surface area contributed by atoms with Crippen molar-refractivity contribution in [2.75, 3.05) is 13.2 Å². The van der Waals surface area contributed by atoms with Crippen molar-refractivity contribution in [3.63, 3.8) is 0 Å². The number of esters is 1. The Kier molecular flexibility index (Phi) is 7.48. The third kappa shape index (κ3) is 6.24. The molecule has 0 heterocycles. The molecule has 0 fully saturated rings. The van der Waals surface area contributed by atoms with E-state index in [0.29, 0.717) is 11.5 Å². The average molecular weight is 342 g/mol. The molecule has 0 radical (unpaired) electrons. The predicted molar refractivity (Wildman–Crippen MR) is 97.9 cm³/mol. The maximum atomic E-state index is 11.8. The summed E-state index contributed by atoms with van der Waals surface area (Å²) in [5.41, 5.74) is 1.84. The van der Waals surface area contributed by atoms with E-state index >= 15 is 0 Å². The molecule has 4 nitrogen and oxygen atoms in total. The van der Waals surface area contributed by atoms with Gasteiger partial charge in [0.1, 0.15) is 12.4 Å². The molecule has 134 valence electrons. The fourth-order valence-corrected chi connectivity index (χ4v) is 2.34. The second-order valence-electron chi connectivity index (χ2n) is 5.94. The molecular formula is C21H26O4. The third-order valence-corrected chi connectivity index (χ3v) is 4.04. The van der Waals surface area contributed by atoms with Gasteiger partial charge in [-0.2, -0.15) is 0 Å². The van der Waals surface area contributed by atoms with Gasteiger partial charge >= 0.3 is 5.97 Å². The summed E-state index contributed by atoms with van der Waals surface area (Å²) in [6.07, 6.45) is 0.700. The normalized spacial score (nSPS) is 13.1. The van der Waals surface area contributed by atoms with Crippen molar-refractivity contribution in [2.45, 2.75) is 39.4 Å². The molecule has 0 saturated heterocycles. The lowest BCUT2D eigenvalue weighted by atomic mass is 9.99. The summed E-state index contributed by atoms with van der Waals surface area (Å²) in [7, 11) is 0. The smallest absolute Gasteiger partial charge is 0.338 e. The number of hydrogen-bond donors (Lipinski definition) is 0. The minimum atomic E-state index is -0.412. The van der Waals surface area contributed by atoms with Crippen LogP contribution in [0, 0.1) is 0 Å². The maximum Gasteiger partial charge on any atom is 0.338 e. The van der Waals surface area contributed by atoms with Crippen LogP contribution in [-0.2, 0) is 9.47 Å². The van der Waals surface area contributed by atoms with Gasteiger partial charge < -0.3 is 14.2 Å². The van der Waals surface area contributed by atoms with Crippen LogP contribution in [0.3, 0.4) is 0 Å². The van der Waals surface area contributed by atoms with Crippen LogP contribution in [0.2, 0.25) is 0 Å². The first-order valence-corrected chi connectivity index (χ1v) is 8.70. The highest BCUT2D eigenvalue weighted by Gasteiger charge is 2.08. The van der Waals surface area contributed by atoms with E-state index in [4.69, 9.17) is 14.2 Å². The van der Waals surface area contributed by atoms with Gasteiger partial charge in [0, 0.05) is 0 Å². The van der Waals surface area contributed by atoms with E-state index in [2.05, 4.69) is 26.0 Å². The largest absolute Gasteiger partial charge is 0.465 e. The monoisotopic (exact) mass is 342 g/mol. The van der Waals surface area contributed by atoms with Crippen LogP contribution in [0.25, 0.3) is 0 Å². The van der Waals surface area contributed by atoms with E-state index in [1.807, 2.05) is 25.1 Å². The number of carbonyl (C=O) groups excluding carboxylic acids is 1. The molecular weight excluding hydrogens is 316 g/mol. The van der Waals surface area contributed by atoms with Crippen LogP contribution in [0.5, 0.6) is 5.75 Å². The van der Waals surface area contributed by atoms with Crippen molar-refractivity contribution in [3.05, 3.63) is 65.7 Å². The predicted octanol–water partition coefficient (Wildman–Crippen LogP) is 4.80. The molecule has 0 saturated carbocycles. The summed E-state index contributed by atoms with van der Waals surface area (Å²) in [5, 5.41) is 0. The minimum absolute atomic E-state index is 0.189. The standard InChI is InChI=1S/C21H26O4/c1-4-16(2)18-10-12-20(13-11-18)25-17(3)23-14-15-24-21(22)19-8-6-5-7-9-19/h5-13,16-17H,4,14-15H2,1-3H3. The molecule has 0 amide bonds. The molecule has 0 bridgehead atoms. The summed E-state index contributed by atoms with van der Waals surface area (Å²) in [6, 6.07) is 17.0. The summed E-state index contributed by atoms with van der Waals surface area (Å²) in [4.78, 5) is 11.8. The molecule has 2 aromatic rings. The van der Waals surface area contributed by atoms with Crippen molar-refractivity contribution in [3.8, 4) is 5.75 Å². The molecule has 0 aliphatic heterocycles. The summed E-state index contributed by atoms with van der Waals surface area (Å²) >= 11 is 0. The lowest BCUT2D eigenvalue weighted by Gasteiger charge is -2.16. The highest BCUT2D eigenvalue weighted by atomic mass is 16.7. The highest BCUT2D eigenvalue weighted by molar-refractivity contribution is 5.89. The van der Waals surface area contributed by atoms with Crippen LogP contribution in [0.15, 0.2) is 54.6 Å². The Bertz CT molecular complexity index is 637. The zero-order valence-corrected chi connectivity index (χ0v) is 15.1. The second-order valence-corrected chi connectivity index (χ2v) is 5.94. The van der Waals surface area contributed by atoms with Crippen molar-refractivity contribution in [2.24, 2.45) is 0 Å². The first kappa shape index (κ1) is 19.0. The van der Waals surface area contributed by atoms with Crippen molar-refractivity contribution < 1.29 is 19.0 Å². The van der Waals surface area contributed by atoms with Gasteiger partial charge in [0.15, 0.2) is 6.29 Å². The molecule has 2 atom stereocenters. The second kappa shape index (κ2) is 9.84. The van der Waals surface area contributed by atoms with Crippen molar-refractivity contribution >= 4 is 5.97 Å². The maximum absolute atomic E-state index is 11.8. The Morgan fingerprint density at radius 1 is 0.960 bits per heavy atom. The van der Waals surface area contributed by atoms with E-state index in [0.717, 1.165) is 12.2 Å². The molecule has 0 aromatic heterocycles. The Morgan fingerprint density at radius 2 is 1.64 bits per heavy atom. The lowest BCUT2D eigenvalue weighted by Crippen LogP contribution is -2.20. The van der Waals surface area contributed by atoms with E-state index in [1.165, 1.54) is 5.56 Å². The van der Waals surface area contributed by atoms with Gasteiger partial charge in [0.2, 0.25) is 0 Å². The van der Waals surface area contributed by atoms with Gasteiger partial charge in [-0.15, -0.1) is 0 Å². The summed E-state index contributed by atoms with van der Waals surface area (Å²) < 4.78 is 16.4. The zero-order valence-electron chi connectivity index (χ0n) is 15.1. The van der Waals surface area contributed by atoms with Gasteiger partial charge in [0.05, 0.1) is 12.2 Å². The highest BCUT2D eigenvalue weighted by Crippen LogP contribution is 2.22. The van der Waals surface area contributed by atoms with Gasteiger partial charge in [-0.05, 0) is 49.1 Å². The Balaban J connectivity index is 1.68. The molecule has 0 aliphatic rings. The van der Waals surface area contributed by atoms with Crippen LogP contribution < -0.4 is 4.74 Å². The molecule has 0 N–H and O–H groups in total. The zero-order chi connectivity index (χ0) is 18.1. The van der Waals surface area contributed by atoms with Gasteiger partial charge in [-0.25, -0.2) is 4.79 Å². The summed E-state index contributed by atoms with van der Waals surface area (Å²) in [5.74, 6) is 0.960. The van der Waals surface area contributed by atoms with Crippen molar-refractivity contribution in [1.29, 1.82) is 0 Å². The molecule has 25 heavy (non-hydrogen) atoms. The number of ether oxygens (including phenoxy) is 3. The number of carbonyl (C=O) groups is 1. The summed E-state index contributed by atoms with van der Waals surface area (Å²) in [6.45, 7) is 6.68. The minimum Gasteiger partial charge on any atom is -0.465 e. The molecule has 2 aromatic carbocycles. The number of benzene rings is 2. The van der Waals surface area contributed by atoms with E-state index in [9.17, 15) is 4.79 Å². The SMILES string of the molecule is CCC(C)c1ccc(OC(C)OCCOC(=O)c2ccccc2)cc1. The lowest BCUT2D eigenvalue weighted by molar-refractivity contribution is -0.0783. The van der Waals surface area contributed by atoms with Crippen LogP contribution in [-0.4, -0.2) is 25.5 Å². The number of hydrogen-bond acceptors (Lipinski definition) is 4.